The zero-order valence-electron chi connectivity index (χ0n) is 14.7. The fraction of sp³-hybridized carbons (Fsp3) is 0.444. The van der Waals surface area contributed by atoms with E-state index < -0.39 is 17.6 Å². The van der Waals surface area contributed by atoms with E-state index in [9.17, 15) is 13.2 Å². The molecular weight excluding hydrogens is 411 g/mol. The summed E-state index contributed by atoms with van der Waals surface area (Å²) in [6, 6.07) is 7.39. The summed E-state index contributed by atoms with van der Waals surface area (Å²) in [7, 11) is 0. The van der Waals surface area contributed by atoms with Crippen LogP contribution >= 0.6 is 15.9 Å². The average Bonchev–Trinajstić information content (AvgIpc) is 2.60. The summed E-state index contributed by atoms with van der Waals surface area (Å²) >= 11 is 3.36. The number of hydrogen-bond donors (Lipinski definition) is 0. The van der Waals surface area contributed by atoms with E-state index >= 15 is 0 Å². The number of halogens is 4. The summed E-state index contributed by atoms with van der Waals surface area (Å²) in [4.78, 5) is 9.72. The van der Waals surface area contributed by atoms with E-state index in [1.807, 2.05) is 38.1 Å². The van der Waals surface area contributed by atoms with Crippen LogP contribution in [0.1, 0.15) is 38.7 Å². The maximum absolute atomic E-state index is 13.2. The molecular formula is C18H21BrF3N3O. The van der Waals surface area contributed by atoms with Crippen molar-refractivity contribution in [2.45, 2.75) is 39.3 Å². The molecule has 4 nitrogen and oxygen atoms in total. The number of aromatic nitrogens is 2. The molecule has 0 aliphatic rings. The van der Waals surface area contributed by atoms with E-state index in [4.69, 9.17) is 4.74 Å². The Morgan fingerprint density at radius 1 is 1.12 bits per heavy atom. The number of unbranched alkanes of at least 4 members (excludes halogenated alkanes) is 2. The van der Waals surface area contributed by atoms with Crippen LogP contribution in [0.2, 0.25) is 0 Å². The zero-order valence-corrected chi connectivity index (χ0v) is 16.3. The van der Waals surface area contributed by atoms with Crippen LogP contribution in [0.15, 0.2) is 34.9 Å². The summed E-state index contributed by atoms with van der Waals surface area (Å²) in [6.07, 6.45) is -1.25. The average molecular weight is 432 g/mol. The van der Waals surface area contributed by atoms with Crippen molar-refractivity contribution in [3.05, 3.63) is 40.5 Å². The zero-order chi connectivity index (χ0) is 19.2. The largest absolute Gasteiger partial charge is 0.477 e. The van der Waals surface area contributed by atoms with Crippen molar-refractivity contribution in [3.8, 4) is 5.88 Å². The first-order chi connectivity index (χ1) is 12.4. The normalized spacial score (nSPS) is 11.5. The third-order valence-electron chi connectivity index (χ3n) is 3.73. The van der Waals surface area contributed by atoms with Crippen LogP contribution < -0.4 is 9.64 Å². The Bertz CT molecular complexity index is 708. The van der Waals surface area contributed by atoms with Gasteiger partial charge in [-0.25, -0.2) is 4.98 Å². The Morgan fingerprint density at radius 2 is 1.81 bits per heavy atom. The fourth-order valence-corrected chi connectivity index (χ4v) is 2.64. The molecule has 1 aromatic carbocycles. The van der Waals surface area contributed by atoms with Crippen LogP contribution in [0.25, 0.3) is 0 Å². The van der Waals surface area contributed by atoms with E-state index in [-0.39, 0.29) is 12.6 Å². The lowest BCUT2D eigenvalue weighted by Crippen LogP contribution is -2.21. The van der Waals surface area contributed by atoms with Crippen molar-refractivity contribution in [1.29, 1.82) is 0 Å². The first-order valence-corrected chi connectivity index (χ1v) is 9.26. The molecule has 26 heavy (non-hydrogen) atoms. The number of alkyl halides is 3. The van der Waals surface area contributed by atoms with E-state index in [0.29, 0.717) is 13.0 Å². The minimum Gasteiger partial charge on any atom is -0.477 e. The van der Waals surface area contributed by atoms with Gasteiger partial charge in [0, 0.05) is 22.9 Å². The second kappa shape index (κ2) is 9.21. The standard InChI is InChI=1S/C18H21BrF3N3O/c1-3-5-6-11-26-16-15(18(20,21)22)12-23-17(24-16)25(4-2)14-9-7-13(19)8-10-14/h7-10,12H,3-6,11H2,1-2H3. The van der Waals surface area contributed by atoms with Gasteiger partial charge in [-0.15, -0.1) is 0 Å². The molecule has 0 radical (unpaired) electrons. The molecule has 0 aliphatic carbocycles. The lowest BCUT2D eigenvalue weighted by atomic mass is 10.2. The first-order valence-electron chi connectivity index (χ1n) is 8.47. The predicted molar refractivity (Wildman–Crippen MR) is 98.9 cm³/mol. The van der Waals surface area contributed by atoms with Gasteiger partial charge in [0.25, 0.3) is 0 Å². The quantitative estimate of drug-likeness (QED) is 0.481. The van der Waals surface area contributed by atoms with Crippen molar-refractivity contribution in [1.82, 2.24) is 9.97 Å². The van der Waals surface area contributed by atoms with Crippen LogP contribution in [0.5, 0.6) is 5.88 Å². The molecule has 1 heterocycles. The lowest BCUT2D eigenvalue weighted by Gasteiger charge is -2.22. The van der Waals surface area contributed by atoms with Crippen molar-refractivity contribution >= 4 is 27.6 Å². The molecule has 2 aromatic rings. The SMILES string of the molecule is CCCCCOc1nc(N(CC)c2ccc(Br)cc2)ncc1C(F)(F)F. The molecule has 8 heteroatoms. The second-order valence-electron chi connectivity index (χ2n) is 5.66. The fourth-order valence-electron chi connectivity index (χ4n) is 2.37. The van der Waals surface area contributed by atoms with Crippen molar-refractivity contribution in [3.63, 3.8) is 0 Å². The molecule has 142 valence electrons. The Hall–Kier alpha value is -1.83. The minimum absolute atomic E-state index is 0.174. The third-order valence-corrected chi connectivity index (χ3v) is 4.26. The number of benzene rings is 1. The summed E-state index contributed by atoms with van der Waals surface area (Å²) < 4.78 is 45.9. The number of rotatable bonds is 8. The Labute approximate surface area is 159 Å². The lowest BCUT2D eigenvalue weighted by molar-refractivity contribution is -0.139. The molecule has 0 saturated carbocycles. The minimum atomic E-state index is -4.56. The van der Waals surface area contributed by atoms with Crippen molar-refractivity contribution in [2.24, 2.45) is 0 Å². The number of hydrogen-bond acceptors (Lipinski definition) is 4. The number of anilines is 2. The van der Waals surface area contributed by atoms with Gasteiger partial charge in [0.15, 0.2) is 0 Å². The van der Waals surface area contributed by atoms with E-state index in [1.54, 1.807) is 4.90 Å². The van der Waals surface area contributed by atoms with E-state index in [2.05, 4.69) is 25.9 Å². The molecule has 0 fully saturated rings. The molecule has 0 aliphatic heterocycles. The van der Waals surface area contributed by atoms with Gasteiger partial charge in [-0.05, 0) is 37.6 Å². The van der Waals surface area contributed by atoms with E-state index in [1.165, 1.54) is 0 Å². The van der Waals surface area contributed by atoms with Gasteiger partial charge in [0.2, 0.25) is 11.8 Å². The van der Waals surface area contributed by atoms with Gasteiger partial charge in [0.1, 0.15) is 5.56 Å². The number of ether oxygens (including phenoxy) is 1. The van der Waals surface area contributed by atoms with Gasteiger partial charge in [-0.3, -0.25) is 0 Å². The van der Waals surface area contributed by atoms with Crippen LogP contribution in [0.4, 0.5) is 24.8 Å². The molecule has 0 saturated heterocycles. The topological polar surface area (TPSA) is 38.2 Å². The van der Waals surface area contributed by atoms with E-state index in [0.717, 1.165) is 29.2 Å². The van der Waals surface area contributed by atoms with Crippen molar-refractivity contribution < 1.29 is 17.9 Å². The maximum atomic E-state index is 13.2. The van der Waals surface area contributed by atoms with Gasteiger partial charge < -0.3 is 9.64 Å². The Balaban J connectivity index is 2.34. The van der Waals surface area contributed by atoms with Crippen LogP contribution in [0, 0.1) is 0 Å². The number of nitrogens with zero attached hydrogens (tertiary/aromatic N) is 3. The summed E-state index contributed by atoms with van der Waals surface area (Å²) in [5.41, 5.74) is -0.169. The molecule has 0 bridgehead atoms. The van der Waals surface area contributed by atoms with Gasteiger partial charge >= 0.3 is 6.18 Å². The first kappa shape index (κ1) is 20.5. The van der Waals surface area contributed by atoms with Gasteiger partial charge in [-0.2, -0.15) is 18.2 Å². The Morgan fingerprint density at radius 3 is 2.38 bits per heavy atom. The smallest absolute Gasteiger partial charge is 0.423 e. The van der Waals surface area contributed by atoms with Gasteiger partial charge in [0.05, 0.1) is 6.61 Å². The summed E-state index contributed by atoms with van der Waals surface area (Å²) in [5.74, 6) is -0.248. The third kappa shape index (κ3) is 5.33. The highest BCUT2D eigenvalue weighted by molar-refractivity contribution is 9.10. The monoisotopic (exact) mass is 431 g/mol. The molecule has 0 N–H and O–H groups in total. The molecule has 0 unspecified atom stereocenters. The highest BCUT2D eigenvalue weighted by atomic mass is 79.9. The summed E-state index contributed by atoms with van der Waals surface area (Å²) in [6.45, 7) is 4.59. The van der Waals surface area contributed by atoms with Crippen LogP contribution in [-0.2, 0) is 6.18 Å². The summed E-state index contributed by atoms with van der Waals surface area (Å²) in [5, 5.41) is 0. The molecule has 0 spiro atoms. The van der Waals surface area contributed by atoms with Crippen LogP contribution in [-0.4, -0.2) is 23.1 Å². The van der Waals surface area contributed by atoms with Gasteiger partial charge in [-0.1, -0.05) is 35.7 Å². The maximum Gasteiger partial charge on any atom is 0.423 e. The predicted octanol–water partition coefficient (Wildman–Crippen LogP) is 5.98. The highest BCUT2D eigenvalue weighted by Crippen LogP contribution is 2.36. The molecule has 0 amide bonds. The van der Waals surface area contributed by atoms with Crippen LogP contribution in [0.3, 0.4) is 0 Å². The Kier molecular flexibility index (Phi) is 7.25. The second-order valence-corrected chi connectivity index (χ2v) is 6.58. The van der Waals surface area contributed by atoms with Crippen molar-refractivity contribution in [2.75, 3.05) is 18.1 Å². The molecule has 2 rings (SSSR count). The molecule has 1 aromatic heterocycles. The highest BCUT2D eigenvalue weighted by Gasteiger charge is 2.36. The molecule has 0 atom stereocenters.